The van der Waals surface area contributed by atoms with Crippen LogP contribution in [-0.2, 0) is 41.1 Å². The minimum atomic E-state index is -1.90. The number of ether oxygens (including phenoxy) is 1. The lowest BCUT2D eigenvalue weighted by molar-refractivity contribution is -0.139. The van der Waals surface area contributed by atoms with Crippen LogP contribution in [0.15, 0.2) is 85.1 Å². The summed E-state index contributed by atoms with van der Waals surface area (Å²) < 4.78 is 7.51. The summed E-state index contributed by atoms with van der Waals surface area (Å²) >= 11 is 0. The van der Waals surface area contributed by atoms with Crippen LogP contribution in [0, 0.1) is 5.92 Å². The molecule has 52 heavy (non-hydrogen) atoms. The lowest BCUT2D eigenvalue weighted by atomic mass is 9.82. The third kappa shape index (κ3) is 7.65. The van der Waals surface area contributed by atoms with Gasteiger partial charge in [-0.25, -0.2) is 0 Å². The van der Waals surface area contributed by atoms with Crippen LogP contribution in [0.3, 0.4) is 0 Å². The first-order valence-corrected chi connectivity index (χ1v) is 18.1. The number of hydrogen-bond donors (Lipinski definition) is 4. The number of aryl methyl sites for hydroxylation is 1. The summed E-state index contributed by atoms with van der Waals surface area (Å²) in [6.07, 6.45) is 8.45. The number of nitrogens with one attached hydrogen (secondary N) is 1. The summed E-state index contributed by atoms with van der Waals surface area (Å²) in [6.45, 7) is 5.76. The summed E-state index contributed by atoms with van der Waals surface area (Å²) in [5, 5.41) is 42.6. The topological polar surface area (TPSA) is 153 Å². The second-order valence-corrected chi connectivity index (χ2v) is 13.3. The largest absolute Gasteiger partial charge is 0.494 e. The SMILES string of the molecule is CCOc1ccc2c(c1)CC(NCCCCO)C(=O)N2c1ccc2c(c1)[C@@](O)([C@H](C)/C=C/CCn1cc(CCO)nn1)C(=O)N2Cc1ccccc1. The van der Waals surface area contributed by atoms with Gasteiger partial charge in [0.05, 0.1) is 36.3 Å². The Balaban J connectivity index is 1.35. The molecule has 3 atom stereocenters. The van der Waals surface area contributed by atoms with Crippen molar-refractivity contribution in [2.45, 2.75) is 70.7 Å². The van der Waals surface area contributed by atoms with Gasteiger partial charge in [-0.3, -0.25) is 19.2 Å². The molecule has 12 nitrogen and oxygen atoms in total. The number of carbonyl (C=O) groups is 2. The van der Waals surface area contributed by atoms with Crippen molar-refractivity contribution in [3.63, 3.8) is 0 Å². The maximum absolute atomic E-state index is 14.4. The lowest BCUT2D eigenvalue weighted by Gasteiger charge is -2.35. The van der Waals surface area contributed by atoms with Gasteiger partial charge in [0.15, 0.2) is 5.60 Å². The maximum Gasteiger partial charge on any atom is 0.264 e. The van der Waals surface area contributed by atoms with Gasteiger partial charge < -0.3 is 30.3 Å². The number of aromatic nitrogens is 3. The molecular formula is C40H48N6O6. The van der Waals surface area contributed by atoms with Crippen molar-refractivity contribution in [2.75, 3.05) is 36.2 Å². The number of fused-ring (bicyclic) bond motifs is 2. The Labute approximate surface area is 304 Å². The summed E-state index contributed by atoms with van der Waals surface area (Å²) in [5.74, 6) is -0.469. The molecule has 0 saturated carbocycles. The van der Waals surface area contributed by atoms with E-state index < -0.39 is 23.5 Å². The molecule has 0 radical (unpaired) electrons. The van der Waals surface area contributed by atoms with E-state index in [4.69, 9.17) is 4.74 Å². The molecule has 0 aliphatic carbocycles. The molecule has 6 rings (SSSR count). The zero-order chi connectivity index (χ0) is 36.7. The van der Waals surface area contributed by atoms with Crippen LogP contribution in [0.25, 0.3) is 0 Å². The minimum Gasteiger partial charge on any atom is -0.494 e. The molecule has 3 aromatic carbocycles. The number of rotatable bonds is 17. The highest BCUT2D eigenvalue weighted by Gasteiger charge is 2.53. The molecule has 2 aliphatic heterocycles. The third-order valence-electron chi connectivity index (χ3n) is 9.78. The number of hydrogen-bond acceptors (Lipinski definition) is 9. The third-order valence-corrected chi connectivity index (χ3v) is 9.78. The molecule has 1 aromatic heterocycles. The van der Waals surface area contributed by atoms with Crippen LogP contribution in [0.1, 0.15) is 55.5 Å². The van der Waals surface area contributed by atoms with Crippen molar-refractivity contribution in [3.05, 3.63) is 107 Å². The molecule has 274 valence electrons. The van der Waals surface area contributed by atoms with Gasteiger partial charge in [-0.1, -0.05) is 54.6 Å². The van der Waals surface area contributed by atoms with Crippen molar-refractivity contribution in [1.29, 1.82) is 0 Å². The van der Waals surface area contributed by atoms with Crippen LogP contribution in [0.2, 0.25) is 0 Å². The van der Waals surface area contributed by atoms with Gasteiger partial charge in [0, 0.05) is 49.5 Å². The maximum atomic E-state index is 14.4. The number of nitrogens with zero attached hydrogens (tertiary/aromatic N) is 5. The summed E-state index contributed by atoms with van der Waals surface area (Å²) in [4.78, 5) is 32.0. The first kappa shape index (κ1) is 36.9. The number of carbonyl (C=O) groups excluding carboxylic acids is 2. The fourth-order valence-corrected chi connectivity index (χ4v) is 7.04. The van der Waals surface area contributed by atoms with E-state index in [1.165, 1.54) is 0 Å². The van der Waals surface area contributed by atoms with Crippen LogP contribution >= 0.6 is 0 Å². The van der Waals surface area contributed by atoms with Gasteiger partial charge in [-0.15, -0.1) is 5.10 Å². The van der Waals surface area contributed by atoms with Crippen molar-refractivity contribution in [3.8, 4) is 5.75 Å². The average molecular weight is 709 g/mol. The van der Waals surface area contributed by atoms with Crippen molar-refractivity contribution in [2.24, 2.45) is 5.92 Å². The van der Waals surface area contributed by atoms with Crippen LogP contribution in [0.5, 0.6) is 5.75 Å². The molecule has 12 heteroatoms. The number of amides is 2. The highest BCUT2D eigenvalue weighted by atomic mass is 16.5. The highest BCUT2D eigenvalue weighted by Crippen LogP contribution is 2.48. The van der Waals surface area contributed by atoms with Crippen molar-refractivity contribution in [1.82, 2.24) is 20.3 Å². The molecule has 1 unspecified atom stereocenters. The average Bonchev–Trinajstić information content (AvgIpc) is 3.69. The summed E-state index contributed by atoms with van der Waals surface area (Å²) in [6, 6.07) is 20.3. The molecule has 0 fully saturated rings. The van der Waals surface area contributed by atoms with Crippen molar-refractivity contribution < 1.29 is 29.6 Å². The second-order valence-electron chi connectivity index (χ2n) is 13.3. The van der Waals surface area contributed by atoms with Gasteiger partial charge in [0.1, 0.15) is 5.75 Å². The minimum absolute atomic E-state index is 0.00335. The summed E-state index contributed by atoms with van der Waals surface area (Å²) in [5.41, 5.74) is 2.97. The number of benzene rings is 3. The number of allylic oxidation sites excluding steroid dienone is 1. The quantitative estimate of drug-likeness (QED) is 0.0935. The van der Waals surface area contributed by atoms with E-state index in [1.807, 2.05) is 86.7 Å². The van der Waals surface area contributed by atoms with E-state index in [-0.39, 0.29) is 25.7 Å². The highest BCUT2D eigenvalue weighted by molar-refractivity contribution is 6.10. The van der Waals surface area contributed by atoms with E-state index in [1.54, 1.807) is 26.7 Å². The van der Waals surface area contributed by atoms with Gasteiger partial charge in [0.25, 0.3) is 5.91 Å². The Bertz CT molecular complexity index is 1880. The Hall–Kier alpha value is -4.88. The Morgan fingerprint density at radius 3 is 2.62 bits per heavy atom. The smallest absolute Gasteiger partial charge is 0.264 e. The predicted octanol–water partition coefficient (Wildman–Crippen LogP) is 4.18. The number of unbranched alkanes of at least 4 members (excludes halogenated alkanes) is 1. The standard InChI is InChI=1S/C40H48N6O6/c1-3-52-33-15-17-36-30(23-33)24-35(41-19-8-10-21-47)38(49)46(36)32-14-16-37-34(25-32)40(51,39(50)45(37)26-29-12-5-4-6-13-29)28(2)11-7-9-20-44-27-31(18-22-48)42-43-44/h4-7,11-17,23,25,27-28,35,41,47-48,51H,3,8-10,18-22,24,26H2,1-2H3/b11-7+/t28-,35?,40+/m1/s1. The van der Waals surface area contributed by atoms with Gasteiger partial charge >= 0.3 is 0 Å². The molecule has 3 heterocycles. The first-order valence-electron chi connectivity index (χ1n) is 18.1. The van der Waals surface area contributed by atoms with Gasteiger partial charge in [-0.2, -0.15) is 0 Å². The Morgan fingerprint density at radius 2 is 1.85 bits per heavy atom. The zero-order valence-electron chi connectivity index (χ0n) is 29.8. The van der Waals surface area contributed by atoms with Crippen LogP contribution in [-0.4, -0.2) is 74.5 Å². The molecule has 0 saturated heterocycles. The van der Waals surface area contributed by atoms with Crippen LogP contribution in [0.4, 0.5) is 17.1 Å². The molecule has 0 spiro atoms. The Morgan fingerprint density at radius 1 is 1.04 bits per heavy atom. The number of anilines is 3. The van der Waals surface area contributed by atoms with Gasteiger partial charge in [-0.05, 0) is 86.7 Å². The second kappa shape index (κ2) is 16.6. The zero-order valence-corrected chi connectivity index (χ0v) is 29.8. The van der Waals surface area contributed by atoms with E-state index in [2.05, 4.69) is 15.6 Å². The van der Waals surface area contributed by atoms with E-state index in [9.17, 15) is 24.9 Å². The van der Waals surface area contributed by atoms with Gasteiger partial charge in [0.2, 0.25) is 5.91 Å². The Kier molecular flexibility index (Phi) is 11.8. The fraction of sp³-hybridized carbons (Fsp3) is 0.400. The lowest BCUT2D eigenvalue weighted by Crippen LogP contribution is -2.49. The molecule has 2 aliphatic rings. The monoisotopic (exact) mass is 708 g/mol. The van der Waals surface area contributed by atoms with Crippen molar-refractivity contribution >= 4 is 28.9 Å². The van der Waals surface area contributed by atoms with E-state index >= 15 is 0 Å². The fourth-order valence-electron chi connectivity index (χ4n) is 7.04. The molecular weight excluding hydrogens is 660 g/mol. The molecule has 4 N–H and O–H groups in total. The normalized spacial score (nSPS) is 19.0. The first-order chi connectivity index (χ1) is 25.3. The summed E-state index contributed by atoms with van der Waals surface area (Å²) in [7, 11) is 0. The number of aliphatic hydroxyl groups is 3. The number of aliphatic hydroxyl groups excluding tert-OH is 2. The molecule has 4 aromatic rings. The van der Waals surface area contributed by atoms with E-state index in [0.717, 1.165) is 29.0 Å². The van der Waals surface area contributed by atoms with E-state index in [0.29, 0.717) is 68.0 Å². The predicted molar refractivity (Wildman–Crippen MR) is 198 cm³/mol. The van der Waals surface area contributed by atoms with Crippen LogP contribution < -0.4 is 19.9 Å². The molecule has 0 bridgehead atoms. The molecule has 2 amide bonds.